The Hall–Kier alpha value is -3.02. The Morgan fingerprint density at radius 2 is 1.73 bits per heavy atom. The molecule has 6 heteroatoms. The monoisotopic (exact) mass is 410 g/mol. The third-order valence-electron chi connectivity index (χ3n) is 5.80. The average molecular weight is 411 g/mol. The number of hydrogen-bond acceptors (Lipinski definition) is 4. The molecule has 1 aliphatic rings. The predicted octanol–water partition coefficient (Wildman–Crippen LogP) is 3.53. The lowest BCUT2D eigenvalue weighted by atomic mass is 9.83. The molecule has 30 heavy (non-hydrogen) atoms. The van der Waals surface area contributed by atoms with E-state index in [4.69, 9.17) is 9.47 Å². The molecule has 1 aliphatic heterocycles. The highest BCUT2D eigenvalue weighted by molar-refractivity contribution is 5.81. The fraction of sp³-hybridized carbons (Fsp3) is 0.417. The van der Waals surface area contributed by atoms with Gasteiger partial charge in [0, 0.05) is 25.9 Å². The summed E-state index contributed by atoms with van der Waals surface area (Å²) in [5.74, 6) is 1.04. The molecule has 2 aromatic rings. The summed E-state index contributed by atoms with van der Waals surface area (Å²) in [6.45, 7) is 4.55. The third-order valence-corrected chi connectivity index (χ3v) is 5.80. The summed E-state index contributed by atoms with van der Waals surface area (Å²) >= 11 is 0. The van der Waals surface area contributed by atoms with E-state index in [9.17, 15) is 9.59 Å². The van der Waals surface area contributed by atoms with Crippen LogP contribution >= 0.6 is 0 Å². The number of amides is 2. The van der Waals surface area contributed by atoms with E-state index < -0.39 is 0 Å². The lowest BCUT2D eigenvalue weighted by molar-refractivity contribution is -0.134. The quantitative estimate of drug-likeness (QED) is 0.791. The zero-order valence-corrected chi connectivity index (χ0v) is 18.1. The second kappa shape index (κ2) is 9.65. The van der Waals surface area contributed by atoms with E-state index in [1.807, 2.05) is 55.5 Å². The number of piperidine rings is 1. The van der Waals surface area contributed by atoms with Gasteiger partial charge in [0.25, 0.3) is 0 Å². The smallest absolute Gasteiger partial charge is 0.225 e. The van der Waals surface area contributed by atoms with Crippen molar-refractivity contribution < 1.29 is 19.1 Å². The molecule has 2 aromatic carbocycles. The van der Waals surface area contributed by atoms with Gasteiger partial charge in [-0.15, -0.1) is 0 Å². The van der Waals surface area contributed by atoms with Gasteiger partial charge in [0.05, 0.1) is 26.2 Å². The first kappa shape index (κ1) is 21.7. The van der Waals surface area contributed by atoms with Crippen molar-refractivity contribution in [2.75, 3.05) is 27.3 Å². The Morgan fingerprint density at radius 3 is 2.37 bits per heavy atom. The fourth-order valence-electron chi connectivity index (χ4n) is 4.05. The first-order valence-corrected chi connectivity index (χ1v) is 10.3. The van der Waals surface area contributed by atoms with Crippen LogP contribution in [0.1, 0.15) is 43.4 Å². The molecule has 0 radical (unpaired) electrons. The van der Waals surface area contributed by atoms with Crippen molar-refractivity contribution in [3.63, 3.8) is 0 Å². The van der Waals surface area contributed by atoms with E-state index >= 15 is 0 Å². The van der Waals surface area contributed by atoms with Gasteiger partial charge in [-0.2, -0.15) is 0 Å². The maximum absolute atomic E-state index is 13.1. The van der Waals surface area contributed by atoms with Crippen molar-refractivity contribution in [3.8, 4) is 11.5 Å². The molecule has 0 spiro atoms. The van der Waals surface area contributed by atoms with Gasteiger partial charge in [0.1, 0.15) is 0 Å². The van der Waals surface area contributed by atoms with Gasteiger partial charge >= 0.3 is 0 Å². The third kappa shape index (κ3) is 4.93. The van der Waals surface area contributed by atoms with Crippen LogP contribution < -0.4 is 14.8 Å². The van der Waals surface area contributed by atoms with Crippen molar-refractivity contribution >= 4 is 11.8 Å². The SMILES string of the molecule is COc1ccc(C2CC(C(=O)NC(C)c3ccccc3)CN(C(C)=O)C2)cc1OC. The summed E-state index contributed by atoms with van der Waals surface area (Å²) in [5.41, 5.74) is 2.09. The van der Waals surface area contributed by atoms with Crippen LogP contribution in [0.2, 0.25) is 0 Å². The molecule has 0 aromatic heterocycles. The second-order valence-corrected chi connectivity index (χ2v) is 7.81. The number of carbonyl (C=O) groups excluding carboxylic acids is 2. The molecular formula is C24H30N2O4. The zero-order chi connectivity index (χ0) is 21.7. The predicted molar refractivity (Wildman–Crippen MR) is 116 cm³/mol. The van der Waals surface area contributed by atoms with E-state index in [-0.39, 0.29) is 29.7 Å². The summed E-state index contributed by atoms with van der Waals surface area (Å²) in [6.07, 6.45) is 0.673. The summed E-state index contributed by atoms with van der Waals surface area (Å²) in [5, 5.41) is 3.12. The number of ether oxygens (including phenoxy) is 2. The molecule has 0 saturated carbocycles. The van der Waals surface area contributed by atoms with Crippen LogP contribution in [-0.2, 0) is 9.59 Å². The number of hydrogen-bond donors (Lipinski definition) is 1. The number of carbonyl (C=O) groups is 2. The number of methoxy groups -OCH3 is 2. The van der Waals surface area contributed by atoms with Gasteiger partial charge < -0.3 is 19.7 Å². The summed E-state index contributed by atoms with van der Waals surface area (Å²) < 4.78 is 10.8. The highest BCUT2D eigenvalue weighted by Gasteiger charge is 2.34. The van der Waals surface area contributed by atoms with Crippen LogP contribution in [0.25, 0.3) is 0 Å². The second-order valence-electron chi connectivity index (χ2n) is 7.81. The fourth-order valence-corrected chi connectivity index (χ4v) is 4.05. The Balaban J connectivity index is 1.78. The van der Waals surface area contributed by atoms with Gasteiger partial charge in [-0.25, -0.2) is 0 Å². The number of benzene rings is 2. The maximum Gasteiger partial charge on any atom is 0.225 e. The molecule has 0 aliphatic carbocycles. The van der Waals surface area contributed by atoms with Gasteiger partial charge in [0.15, 0.2) is 11.5 Å². The molecule has 6 nitrogen and oxygen atoms in total. The number of nitrogens with one attached hydrogen (secondary N) is 1. The van der Waals surface area contributed by atoms with E-state index in [1.165, 1.54) is 0 Å². The minimum atomic E-state index is -0.271. The Morgan fingerprint density at radius 1 is 1.03 bits per heavy atom. The Bertz CT molecular complexity index is 884. The van der Waals surface area contributed by atoms with Gasteiger partial charge in [-0.3, -0.25) is 9.59 Å². The van der Waals surface area contributed by atoms with Gasteiger partial charge in [-0.1, -0.05) is 36.4 Å². The van der Waals surface area contributed by atoms with Crippen molar-refractivity contribution in [1.29, 1.82) is 0 Å². The largest absolute Gasteiger partial charge is 0.493 e. The summed E-state index contributed by atoms with van der Waals surface area (Å²) in [7, 11) is 3.20. The number of rotatable bonds is 6. The summed E-state index contributed by atoms with van der Waals surface area (Å²) in [6, 6.07) is 15.6. The molecule has 3 unspecified atom stereocenters. The minimum Gasteiger partial charge on any atom is -0.493 e. The van der Waals surface area contributed by atoms with Crippen molar-refractivity contribution in [2.24, 2.45) is 5.92 Å². The lowest BCUT2D eigenvalue weighted by Gasteiger charge is -2.37. The molecule has 160 valence electrons. The molecule has 1 N–H and O–H groups in total. The Labute approximate surface area is 178 Å². The molecule has 3 rings (SSSR count). The summed E-state index contributed by atoms with van der Waals surface area (Å²) in [4.78, 5) is 27.0. The molecule has 1 saturated heterocycles. The van der Waals surface area contributed by atoms with Gasteiger partial charge in [0.2, 0.25) is 11.8 Å². The lowest BCUT2D eigenvalue weighted by Crippen LogP contribution is -2.47. The van der Waals surface area contributed by atoms with Gasteiger partial charge in [-0.05, 0) is 36.6 Å². The maximum atomic E-state index is 13.1. The van der Waals surface area contributed by atoms with Crippen LogP contribution in [0.15, 0.2) is 48.5 Å². The first-order chi connectivity index (χ1) is 14.4. The van der Waals surface area contributed by atoms with Crippen LogP contribution in [0.4, 0.5) is 0 Å². The highest BCUT2D eigenvalue weighted by Crippen LogP contribution is 2.36. The number of likely N-dealkylation sites (tertiary alicyclic amines) is 1. The van der Waals surface area contributed by atoms with Crippen LogP contribution in [0, 0.1) is 5.92 Å². The highest BCUT2D eigenvalue weighted by atomic mass is 16.5. The minimum absolute atomic E-state index is 0.0194. The number of nitrogens with zero attached hydrogens (tertiary/aromatic N) is 1. The van der Waals surface area contributed by atoms with E-state index in [0.29, 0.717) is 31.0 Å². The molecule has 3 atom stereocenters. The first-order valence-electron chi connectivity index (χ1n) is 10.3. The van der Waals surface area contributed by atoms with Crippen molar-refractivity contribution in [3.05, 3.63) is 59.7 Å². The van der Waals surface area contributed by atoms with E-state index in [0.717, 1.165) is 11.1 Å². The molecular weight excluding hydrogens is 380 g/mol. The Kier molecular flexibility index (Phi) is 6.98. The molecule has 2 amide bonds. The topological polar surface area (TPSA) is 67.9 Å². The van der Waals surface area contributed by atoms with Crippen molar-refractivity contribution in [1.82, 2.24) is 10.2 Å². The average Bonchev–Trinajstić information content (AvgIpc) is 2.78. The molecule has 1 heterocycles. The van der Waals surface area contributed by atoms with E-state index in [2.05, 4.69) is 5.32 Å². The molecule has 0 bridgehead atoms. The van der Waals surface area contributed by atoms with Crippen LogP contribution in [-0.4, -0.2) is 44.0 Å². The zero-order valence-electron chi connectivity index (χ0n) is 18.1. The van der Waals surface area contributed by atoms with Crippen LogP contribution in [0.5, 0.6) is 11.5 Å². The van der Waals surface area contributed by atoms with Crippen LogP contribution in [0.3, 0.4) is 0 Å². The van der Waals surface area contributed by atoms with E-state index in [1.54, 1.807) is 26.0 Å². The van der Waals surface area contributed by atoms with Crippen molar-refractivity contribution in [2.45, 2.75) is 32.2 Å². The normalized spacial score (nSPS) is 19.7. The standard InChI is InChI=1S/C24H30N2O4/c1-16(18-8-6-5-7-9-18)25-24(28)21-12-20(14-26(15-21)17(2)27)19-10-11-22(29-3)23(13-19)30-4/h5-11,13,16,20-21H,12,14-15H2,1-4H3,(H,25,28). The molecule has 1 fully saturated rings.